The molecule has 10 heterocycles. The summed E-state index contributed by atoms with van der Waals surface area (Å²) < 4.78 is 42.2. The molecule has 0 aliphatic carbocycles. The SMILES string of the molecule is c1ccc(-n2c3ccccc3c3c4c5c6oc7ccccc7c6ccc5n5c6ccc7c8ccc(-c9ccc%10oc%11c(ccc%12c%11c%11c%13c(cc%14c%15c%16oc%17ccccc%17c%16ccc%15n%12c%14%11)oc%11ccccc%11%13)c%10c9)cc8oc7c6c(cc32)c45)cc1. The number of nitrogens with zero attached hydrogens (tertiary/aromatic N) is 3. The molecule has 0 saturated heterocycles. The molecule has 8 nitrogen and oxygen atoms in total. The van der Waals surface area contributed by atoms with Gasteiger partial charge in [-0.1, -0.05) is 103 Å². The lowest BCUT2D eigenvalue weighted by Gasteiger charge is -2.08. The lowest BCUT2D eigenvalue weighted by atomic mass is 9.99. The highest BCUT2D eigenvalue weighted by atomic mass is 16.3. The number of fused-ring (bicyclic) bond motifs is 36. The number of hydrogen-bond acceptors (Lipinski definition) is 5. The summed E-state index contributed by atoms with van der Waals surface area (Å²) in [5.74, 6) is 0. The molecule has 13 aromatic carbocycles. The Labute approximate surface area is 481 Å². The van der Waals surface area contributed by atoms with E-state index in [1.54, 1.807) is 0 Å². The second-order valence-electron chi connectivity index (χ2n) is 23.7. The molecule has 0 radical (unpaired) electrons. The highest BCUT2D eigenvalue weighted by Gasteiger charge is 2.31. The molecule has 10 aromatic heterocycles. The van der Waals surface area contributed by atoms with Crippen LogP contribution >= 0.6 is 0 Å². The summed E-state index contributed by atoms with van der Waals surface area (Å²) in [7, 11) is 0. The Morgan fingerprint density at radius 2 is 0.663 bits per heavy atom. The van der Waals surface area contributed by atoms with Crippen molar-refractivity contribution in [3.05, 3.63) is 224 Å². The molecule has 0 aliphatic rings. The molecule has 394 valence electrons. The van der Waals surface area contributed by atoms with E-state index in [2.05, 4.69) is 226 Å². The third kappa shape index (κ3) is 4.88. The van der Waals surface area contributed by atoms with Gasteiger partial charge in [0, 0.05) is 91.9 Å². The van der Waals surface area contributed by atoms with Gasteiger partial charge in [0.05, 0.1) is 65.7 Å². The summed E-state index contributed by atoms with van der Waals surface area (Å²) in [5.41, 5.74) is 20.8. The summed E-state index contributed by atoms with van der Waals surface area (Å²) in [6.07, 6.45) is 0. The first-order valence-electron chi connectivity index (χ1n) is 29.3. The zero-order valence-electron chi connectivity index (χ0n) is 45.2. The third-order valence-electron chi connectivity index (χ3n) is 19.7. The minimum Gasteiger partial charge on any atom is -0.456 e. The zero-order valence-corrected chi connectivity index (χ0v) is 45.2. The normalized spacial score (nSPS) is 13.1. The van der Waals surface area contributed by atoms with Gasteiger partial charge in [-0.15, -0.1) is 0 Å². The maximum atomic E-state index is 7.30. The average Bonchev–Trinajstić information content (AvgIpc) is 1.63. The minimum atomic E-state index is 0.829. The highest BCUT2D eigenvalue weighted by Crippen LogP contribution is 2.54. The lowest BCUT2D eigenvalue weighted by Crippen LogP contribution is -1.92. The van der Waals surface area contributed by atoms with Crippen LogP contribution in [0, 0.1) is 0 Å². The van der Waals surface area contributed by atoms with E-state index >= 15 is 0 Å². The molecule has 86 heavy (non-hydrogen) atoms. The molecular formula is C78H37N3O5. The first kappa shape index (κ1) is 43.0. The number of rotatable bonds is 2. The predicted molar refractivity (Wildman–Crippen MR) is 352 cm³/mol. The Balaban J connectivity index is 0.759. The largest absolute Gasteiger partial charge is 0.456 e. The van der Waals surface area contributed by atoms with E-state index < -0.39 is 0 Å². The minimum absolute atomic E-state index is 0.829. The van der Waals surface area contributed by atoms with Gasteiger partial charge in [0.25, 0.3) is 0 Å². The molecule has 0 fully saturated rings. The average molecular weight is 1100 g/mol. The van der Waals surface area contributed by atoms with Gasteiger partial charge in [0.15, 0.2) is 0 Å². The fraction of sp³-hybridized carbons (Fsp3) is 0. The van der Waals surface area contributed by atoms with Crippen LogP contribution in [0.1, 0.15) is 0 Å². The fourth-order valence-corrected chi connectivity index (χ4v) is 16.2. The van der Waals surface area contributed by atoms with Gasteiger partial charge in [-0.25, -0.2) is 0 Å². The monoisotopic (exact) mass is 1100 g/mol. The molecule has 0 unspecified atom stereocenters. The van der Waals surface area contributed by atoms with Gasteiger partial charge in [0.1, 0.15) is 55.8 Å². The second-order valence-corrected chi connectivity index (χ2v) is 23.7. The van der Waals surface area contributed by atoms with Gasteiger partial charge in [-0.2, -0.15) is 0 Å². The smallest absolute Gasteiger partial charge is 0.145 e. The van der Waals surface area contributed by atoms with Gasteiger partial charge >= 0.3 is 0 Å². The summed E-state index contributed by atoms with van der Waals surface area (Å²) in [5, 5.41) is 22.2. The summed E-state index contributed by atoms with van der Waals surface area (Å²) in [6, 6.07) is 80.7. The summed E-state index contributed by atoms with van der Waals surface area (Å²) in [4.78, 5) is 0. The second kappa shape index (κ2) is 14.5. The van der Waals surface area contributed by atoms with Crippen LogP contribution in [-0.4, -0.2) is 13.4 Å². The van der Waals surface area contributed by atoms with Crippen LogP contribution in [0.4, 0.5) is 0 Å². The molecule has 0 saturated carbocycles. The van der Waals surface area contributed by atoms with Crippen molar-refractivity contribution < 1.29 is 22.1 Å². The summed E-state index contributed by atoms with van der Waals surface area (Å²) in [6.45, 7) is 0. The van der Waals surface area contributed by atoms with Crippen molar-refractivity contribution in [2.75, 3.05) is 0 Å². The Bertz CT molecular complexity index is 7070. The molecule has 0 N–H and O–H groups in total. The van der Waals surface area contributed by atoms with Crippen molar-refractivity contribution in [2.24, 2.45) is 0 Å². The van der Waals surface area contributed by atoms with Crippen molar-refractivity contribution in [3.63, 3.8) is 0 Å². The van der Waals surface area contributed by atoms with Crippen molar-refractivity contribution in [3.8, 4) is 16.8 Å². The molecule has 23 aromatic rings. The lowest BCUT2D eigenvalue weighted by molar-refractivity contribution is 0.669. The van der Waals surface area contributed by atoms with Crippen LogP contribution in [0.5, 0.6) is 0 Å². The maximum absolute atomic E-state index is 7.30. The van der Waals surface area contributed by atoms with E-state index in [4.69, 9.17) is 22.1 Å². The van der Waals surface area contributed by atoms with Crippen LogP contribution in [-0.2, 0) is 0 Å². The quantitative estimate of drug-likeness (QED) is 0.172. The Hall–Kier alpha value is -11.7. The van der Waals surface area contributed by atoms with E-state index in [9.17, 15) is 0 Å². The van der Waals surface area contributed by atoms with E-state index in [-0.39, 0.29) is 0 Å². The Morgan fingerprint density at radius 3 is 1.31 bits per heavy atom. The molecule has 0 bridgehead atoms. The van der Waals surface area contributed by atoms with E-state index in [0.717, 1.165) is 208 Å². The van der Waals surface area contributed by atoms with Crippen molar-refractivity contribution in [2.45, 2.75) is 0 Å². The van der Waals surface area contributed by atoms with E-state index in [1.165, 1.54) is 16.2 Å². The van der Waals surface area contributed by atoms with Crippen LogP contribution in [0.2, 0.25) is 0 Å². The van der Waals surface area contributed by atoms with Gasteiger partial charge in [-0.05, 0) is 132 Å². The van der Waals surface area contributed by atoms with Crippen LogP contribution in [0.15, 0.2) is 247 Å². The number of benzene rings is 13. The Morgan fingerprint density at radius 1 is 0.209 bits per heavy atom. The number of para-hydroxylation sites is 5. The van der Waals surface area contributed by atoms with E-state index in [0.29, 0.717) is 0 Å². The standard InChI is InChI=1S/C78H37N3O5/c1-2-12-40(13-3-1)79-53-18-8-4-16-48(53)65-58(79)36-51-66-54(80-56-31-27-45-42-15-6-10-20-60(42)84-77(45)69(56)71(65)73(51)80)30-26-46-43-24-22-39(35-63(43)86-76(46)66)38-23-33-62-50(34-38)47-28-32-57-70(78(47)85-62)72-68-49-17-7-11-21-61(49)82-64(68)37-52-67-55(81(57)74(52)72)29-25-44-41-14-5-9-19-59(41)83-75(44)67/h1-37H. The third-order valence-corrected chi connectivity index (χ3v) is 19.7. The molecule has 0 atom stereocenters. The number of aromatic nitrogens is 3. The van der Waals surface area contributed by atoms with E-state index in [1.807, 2.05) is 12.1 Å². The Kier molecular flexibility index (Phi) is 7.27. The molecular weight excluding hydrogens is 1060 g/mol. The molecule has 0 aliphatic heterocycles. The molecule has 0 amide bonds. The molecule has 23 rings (SSSR count). The van der Waals surface area contributed by atoms with Gasteiger partial charge in [0.2, 0.25) is 0 Å². The number of furan rings is 5. The van der Waals surface area contributed by atoms with Gasteiger partial charge in [-0.3, -0.25) is 0 Å². The van der Waals surface area contributed by atoms with Crippen molar-refractivity contribution >= 4 is 208 Å². The van der Waals surface area contributed by atoms with Crippen LogP contribution in [0.3, 0.4) is 0 Å². The number of hydrogen-bond donors (Lipinski definition) is 0. The first-order valence-corrected chi connectivity index (χ1v) is 29.3. The fourth-order valence-electron chi connectivity index (χ4n) is 16.2. The topological polar surface area (TPSA) is 79.5 Å². The molecule has 8 heteroatoms. The van der Waals surface area contributed by atoms with Crippen molar-refractivity contribution in [1.29, 1.82) is 0 Å². The highest BCUT2D eigenvalue weighted by molar-refractivity contribution is 6.43. The zero-order chi connectivity index (χ0) is 55.1. The summed E-state index contributed by atoms with van der Waals surface area (Å²) >= 11 is 0. The molecule has 0 spiro atoms. The maximum Gasteiger partial charge on any atom is 0.145 e. The van der Waals surface area contributed by atoms with Crippen molar-refractivity contribution in [1.82, 2.24) is 13.4 Å². The van der Waals surface area contributed by atoms with Crippen LogP contribution in [0.25, 0.3) is 225 Å². The first-order chi connectivity index (χ1) is 42.7. The van der Waals surface area contributed by atoms with Gasteiger partial charge < -0.3 is 35.5 Å². The predicted octanol–water partition coefficient (Wildman–Crippen LogP) is 22.2. The van der Waals surface area contributed by atoms with Crippen LogP contribution < -0.4 is 0 Å².